The first-order valence-electron chi connectivity index (χ1n) is 8.84. The third-order valence-electron chi connectivity index (χ3n) is 4.41. The first-order chi connectivity index (χ1) is 12.8. The van der Waals surface area contributed by atoms with Crippen molar-refractivity contribution in [2.45, 2.75) is 18.9 Å². The minimum Gasteiger partial charge on any atom is -0.395 e. The van der Waals surface area contributed by atoms with Crippen LogP contribution in [0, 0.1) is 0 Å². The number of aliphatic hydroxyl groups excluding tert-OH is 1. The van der Waals surface area contributed by atoms with E-state index in [0.29, 0.717) is 25.0 Å². The highest BCUT2D eigenvalue weighted by Gasteiger charge is 2.20. The summed E-state index contributed by atoms with van der Waals surface area (Å²) in [6.45, 7) is 2.67. The molecule has 3 aromatic rings. The summed E-state index contributed by atoms with van der Waals surface area (Å²) in [7, 11) is 0. The number of hydrogen-bond donors (Lipinski definition) is 3. The average molecular weight is 370 g/mol. The minimum atomic E-state index is 0.0463. The van der Waals surface area contributed by atoms with Gasteiger partial charge in [0.05, 0.1) is 25.5 Å². The molecule has 4 rings (SSSR count). The normalized spacial score (nSPS) is 16.9. The van der Waals surface area contributed by atoms with E-state index in [-0.39, 0.29) is 6.61 Å². The smallest absolute Gasteiger partial charge is 0.224 e. The molecule has 0 amide bonds. The maximum absolute atomic E-state index is 9.05. The van der Waals surface area contributed by atoms with E-state index in [1.165, 1.54) is 15.0 Å². The summed E-state index contributed by atoms with van der Waals surface area (Å²) in [5.74, 6) is 1.64. The molecule has 1 aliphatic heterocycles. The van der Waals surface area contributed by atoms with E-state index in [4.69, 9.17) is 9.84 Å². The van der Waals surface area contributed by atoms with Crippen LogP contribution in [0.15, 0.2) is 36.4 Å². The molecule has 0 saturated carbocycles. The lowest BCUT2D eigenvalue weighted by molar-refractivity contribution is 0.193. The van der Waals surface area contributed by atoms with Crippen molar-refractivity contribution in [3.63, 3.8) is 0 Å². The maximum Gasteiger partial charge on any atom is 0.224 e. The van der Waals surface area contributed by atoms with Gasteiger partial charge in [-0.05, 0) is 23.9 Å². The molecule has 7 heteroatoms. The zero-order chi connectivity index (χ0) is 17.8. The number of anilines is 2. The van der Waals surface area contributed by atoms with Crippen molar-refractivity contribution in [3.8, 4) is 0 Å². The van der Waals surface area contributed by atoms with E-state index >= 15 is 0 Å². The zero-order valence-electron chi connectivity index (χ0n) is 14.4. The van der Waals surface area contributed by atoms with Crippen molar-refractivity contribution < 1.29 is 9.84 Å². The molecule has 0 spiro atoms. The van der Waals surface area contributed by atoms with Crippen molar-refractivity contribution in [2.75, 3.05) is 37.0 Å². The number of hydrogen-bond acceptors (Lipinski definition) is 7. The largest absolute Gasteiger partial charge is 0.395 e. The number of aromatic nitrogens is 2. The number of nitrogens with one attached hydrogen (secondary N) is 2. The fraction of sp³-hybridized carbons (Fsp3) is 0.368. The van der Waals surface area contributed by atoms with Gasteiger partial charge in [-0.25, -0.2) is 4.98 Å². The summed E-state index contributed by atoms with van der Waals surface area (Å²) in [6.07, 6.45) is 0.978. The first-order valence-corrected chi connectivity index (χ1v) is 9.66. The SMILES string of the molecule is OCCNc1nc(NCc2cc3ccccc3s2)cc([C@@H]2CCOC2)n1. The van der Waals surface area contributed by atoms with Crippen molar-refractivity contribution >= 4 is 33.2 Å². The topological polar surface area (TPSA) is 79.3 Å². The number of thiophene rings is 1. The molecule has 6 nitrogen and oxygen atoms in total. The van der Waals surface area contributed by atoms with Gasteiger partial charge in [0, 0.05) is 34.7 Å². The van der Waals surface area contributed by atoms with E-state index in [9.17, 15) is 0 Å². The van der Waals surface area contributed by atoms with E-state index in [1.807, 2.05) is 6.07 Å². The Bertz CT molecular complexity index is 844. The molecule has 0 aliphatic carbocycles. The molecule has 0 unspecified atom stereocenters. The van der Waals surface area contributed by atoms with Crippen LogP contribution in [0.25, 0.3) is 10.1 Å². The van der Waals surface area contributed by atoms with E-state index < -0.39 is 0 Å². The number of rotatable bonds is 7. The van der Waals surface area contributed by atoms with E-state index in [1.54, 1.807) is 11.3 Å². The molecule has 1 aromatic carbocycles. The van der Waals surface area contributed by atoms with Crippen LogP contribution in [0.3, 0.4) is 0 Å². The molecule has 136 valence electrons. The second-order valence-corrected chi connectivity index (χ2v) is 7.48. The Kier molecular flexibility index (Phi) is 5.29. The molecular formula is C19H22N4O2S. The molecule has 26 heavy (non-hydrogen) atoms. The lowest BCUT2D eigenvalue weighted by Crippen LogP contribution is -2.13. The molecule has 1 fully saturated rings. The third kappa shape index (κ3) is 3.95. The summed E-state index contributed by atoms with van der Waals surface area (Å²) in [4.78, 5) is 10.4. The van der Waals surface area contributed by atoms with Gasteiger partial charge in [-0.2, -0.15) is 4.98 Å². The van der Waals surface area contributed by atoms with Gasteiger partial charge >= 0.3 is 0 Å². The van der Waals surface area contributed by atoms with Gasteiger partial charge < -0.3 is 20.5 Å². The van der Waals surface area contributed by atoms with Gasteiger partial charge in [-0.1, -0.05) is 18.2 Å². The second-order valence-electron chi connectivity index (χ2n) is 6.32. The Morgan fingerprint density at radius 2 is 2.12 bits per heavy atom. The predicted octanol–water partition coefficient (Wildman–Crippen LogP) is 3.21. The molecule has 0 bridgehead atoms. The van der Waals surface area contributed by atoms with Gasteiger partial charge in [0.25, 0.3) is 0 Å². The lowest BCUT2D eigenvalue weighted by Gasteiger charge is -2.13. The number of ether oxygens (including phenoxy) is 1. The number of benzene rings is 1. The van der Waals surface area contributed by atoms with Crippen LogP contribution in [-0.2, 0) is 11.3 Å². The van der Waals surface area contributed by atoms with Crippen molar-refractivity contribution in [1.82, 2.24) is 9.97 Å². The number of fused-ring (bicyclic) bond motifs is 1. The van der Waals surface area contributed by atoms with Gasteiger partial charge in [-0.15, -0.1) is 11.3 Å². The van der Waals surface area contributed by atoms with Crippen molar-refractivity contribution in [2.24, 2.45) is 0 Å². The highest BCUT2D eigenvalue weighted by atomic mass is 32.1. The van der Waals surface area contributed by atoms with Crippen LogP contribution < -0.4 is 10.6 Å². The maximum atomic E-state index is 9.05. The molecule has 1 saturated heterocycles. The molecule has 0 radical (unpaired) electrons. The summed E-state index contributed by atoms with van der Waals surface area (Å²) in [5, 5.41) is 16.8. The predicted molar refractivity (Wildman–Crippen MR) is 105 cm³/mol. The second kappa shape index (κ2) is 7.99. The Morgan fingerprint density at radius 1 is 1.19 bits per heavy atom. The monoisotopic (exact) mass is 370 g/mol. The van der Waals surface area contributed by atoms with Gasteiger partial charge in [0.2, 0.25) is 5.95 Å². The van der Waals surface area contributed by atoms with Crippen molar-refractivity contribution in [1.29, 1.82) is 0 Å². The highest BCUT2D eigenvalue weighted by Crippen LogP contribution is 2.28. The van der Waals surface area contributed by atoms with Gasteiger partial charge in [0.1, 0.15) is 5.82 Å². The molecule has 2 aromatic heterocycles. The van der Waals surface area contributed by atoms with Gasteiger partial charge in [0.15, 0.2) is 0 Å². The zero-order valence-corrected chi connectivity index (χ0v) is 15.3. The van der Waals surface area contributed by atoms with E-state index in [2.05, 4.69) is 50.9 Å². The van der Waals surface area contributed by atoms with Crippen molar-refractivity contribution in [3.05, 3.63) is 47.0 Å². The quantitative estimate of drug-likeness (QED) is 0.593. The minimum absolute atomic E-state index is 0.0463. The molecule has 3 heterocycles. The van der Waals surface area contributed by atoms with Crippen LogP contribution >= 0.6 is 11.3 Å². The Labute approximate surface area is 156 Å². The highest BCUT2D eigenvalue weighted by molar-refractivity contribution is 7.19. The van der Waals surface area contributed by atoms with Crippen LogP contribution in [-0.4, -0.2) is 41.4 Å². The Hall–Kier alpha value is -2.22. The Morgan fingerprint density at radius 3 is 2.92 bits per heavy atom. The van der Waals surface area contributed by atoms with E-state index in [0.717, 1.165) is 31.1 Å². The summed E-state index contributed by atoms with van der Waals surface area (Å²) < 4.78 is 6.79. The number of nitrogens with zero attached hydrogens (tertiary/aromatic N) is 2. The van der Waals surface area contributed by atoms with Crippen LogP contribution in [0.1, 0.15) is 22.9 Å². The summed E-state index contributed by atoms with van der Waals surface area (Å²) >= 11 is 1.79. The summed E-state index contributed by atoms with van der Waals surface area (Å²) in [5.41, 5.74) is 0.983. The third-order valence-corrected chi connectivity index (χ3v) is 5.53. The lowest BCUT2D eigenvalue weighted by atomic mass is 10.0. The fourth-order valence-electron chi connectivity index (χ4n) is 3.08. The van der Waals surface area contributed by atoms with Gasteiger partial charge in [-0.3, -0.25) is 0 Å². The summed E-state index contributed by atoms with van der Waals surface area (Å²) in [6, 6.07) is 12.6. The number of aliphatic hydroxyl groups is 1. The van der Waals surface area contributed by atoms with Crippen LogP contribution in [0.2, 0.25) is 0 Å². The Balaban J connectivity index is 1.52. The van der Waals surface area contributed by atoms with Crippen LogP contribution in [0.5, 0.6) is 0 Å². The first kappa shape index (κ1) is 17.2. The molecule has 1 atom stereocenters. The average Bonchev–Trinajstić information content (AvgIpc) is 3.34. The molecular weight excluding hydrogens is 348 g/mol. The molecule has 3 N–H and O–H groups in total. The fourth-order valence-corrected chi connectivity index (χ4v) is 4.09. The molecule has 1 aliphatic rings. The standard InChI is InChI=1S/C19H22N4O2S/c24-7-6-20-19-22-16(14-5-8-25-12-14)10-18(23-19)21-11-15-9-13-3-1-2-4-17(13)26-15/h1-4,9-10,14,24H,5-8,11-12H2,(H2,20,21,22,23)/t14-/m1/s1. The van der Waals surface area contributed by atoms with Crippen LogP contribution in [0.4, 0.5) is 11.8 Å².